The Morgan fingerprint density at radius 1 is 0.636 bits per heavy atom. The molecule has 5 N–H and O–H groups in total. The summed E-state index contributed by atoms with van der Waals surface area (Å²) in [5.74, 6) is 0.774. The Morgan fingerprint density at radius 2 is 0.977 bits per heavy atom. The lowest BCUT2D eigenvalue weighted by molar-refractivity contribution is 0.0456. The number of hydrogen-bond donors (Lipinski definition) is 5. The fraction of sp³-hybridized carbons (Fsp3) is 0.906. The average Bonchev–Trinajstić information content (AvgIpc) is 2.72. The third-order valence-electron chi connectivity index (χ3n) is 8.66. The van der Waals surface area contributed by atoms with Crippen molar-refractivity contribution in [2.24, 2.45) is 0 Å². The molecule has 1 aromatic rings. The van der Waals surface area contributed by atoms with Gasteiger partial charge in [0.2, 0.25) is 17.5 Å². The van der Waals surface area contributed by atoms with E-state index in [1.807, 2.05) is 6.92 Å². The van der Waals surface area contributed by atoms with Gasteiger partial charge in [0, 0.05) is 45.3 Å². The van der Waals surface area contributed by atoms with E-state index >= 15 is 0 Å². The van der Waals surface area contributed by atoms with Gasteiger partial charge in [-0.2, -0.15) is 15.0 Å². The lowest BCUT2D eigenvalue weighted by Crippen LogP contribution is -2.60. The van der Waals surface area contributed by atoms with E-state index in [9.17, 15) is 4.57 Å². The smallest absolute Gasteiger partial charge is 0.351 e. The van der Waals surface area contributed by atoms with Crippen LogP contribution in [0.4, 0.5) is 11.9 Å². The largest absolute Gasteiger partial charge is 0.398 e. The van der Waals surface area contributed by atoms with E-state index in [4.69, 9.17) is 24.0 Å². The number of hydrogen-bond acceptors (Lipinski definition) is 11. The van der Waals surface area contributed by atoms with E-state index in [1.165, 1.54) is 0 Å². The highest BCUT2D eigenvalue weighted by molar-refractivity contribution is 7.61. The summed E-state index contributed by atoms with van der Waals surface area (Å²) in [6, 6.07) is 0.221. The molecule has 0 aromatic carbocycles. The molecular weight excluding hydrogens is 575 g/mol. The fourth-order valence-electron chi connectivity index (χ4n) is 8.63. The number of rotatable bonds is 9. The van der Waals surface area contributed by atoms with Gasteiger partial charge in [0.25, 0.3) is 0 Å². The topological polar surface area (TPSA) is 134 Å². The second-order valence-corrected chi connectivity index (χ2v) is 19.4. The zero-order valence-corrected chi connectivity index (χ0v) is 30.6. The van der Waals surface area contributed by atoms with Crippen LogP contribution in [0.5, 0.6) is 0 Å². The van der Waals surface area contributed by atoms with Crippen LogP contribution in [0.3, 0.4) is 0 Å². The number of nitrogens with zero attached hydrogens (tertiary/aromatic N) is 3. The SMILES string of the molecule is CCOP(=O)(OC1CC(C)(C)NC(C)(C)C1)c1nc(NC2CC(C)(C)NC(C)(C)C2)nc(NC2CC(C)(C)NC(C)(C)C2)n1. The van der Waals surface area contributed by atoms with E-state index < -0.39 is 7.60 Å². The molecule has 12 heteroatoms. The minimum absolute atomic E-state index is 0.0494. The highest BCUT2D eigenvalue weighted by Gasteiger charge is 2.45. The molecule has 11 nitrogen and oxygen atoms in total. The summed E-state index contributed by atoms with van der Waals surface area (Å²) in [4.78, 5) is 14.4. The van der Waals surface area contributed by atoms with Gasteiger partial charge < -0.3 is 31.1 Å². The molecule has 1 atom stereocenters. The zero-order valence-electron chi connectivity index (χ0n) is 29.7. The molecule has 4 rings (SSSR count). The van der Waals surface area contributed by atoms with Crippen molar-refractivity contribution in [3.63, 3.8) is 0 Å². The Kier molecular flexibility index (Phi) is 9.70. The van der Waals surface area contributed by atoms with Crippen LogP contribution < -0.4 is 32.1 Å². The van der Waals surface area contributed by atoms with Crippen LogP contribution >= 0.6 is 7.60 Å². The van der Waals surface area contributed by atoms with Crippen LogP contribution in [0.25, 0.3) is 0 Å². The molecule has 44 heavy (non-hydrogen) atoms. The second kappa shape index (κ2) is 12.0. The van der Waals surface area contributed by atoms with Gasteiger partial charge in [-0.05, 0) is 129 Å². The van der Waals surface area contributed by atoms with Crippen molar-refractivity contribution in [1.82, 2.24) is 30.9 Å². The van der Waals surface area contributed by atoms with Crippen LogP contribution in [0, 0.1) is 0 Å². The minimum Gasteiger partial charge on any atom is -0.351 e. The lowest BCUT2D eigenvalue weighted by atomic mass is 9.79. The standard InChI is InChI=1S/C32H61N8O3P/c1-14-42-44(41,43-23-19-31(10,11)40-32(12,13)20-23)26-36-24(33-21-15-27(2,3)38-28(4,5)16-21)35-25(37-26)34-22-17-29(6,7)39-30(8,9)18-22/h21-23,38-40H,14-20H2,1-13H3,(H2,33,34,35,36,37). The lowest BCUT2D eigenvalue weighted by Gasteiger charge is -2.47. The van der Waals surface area contributed by atoms with E-state index in [-0.39, 0.29) is 63.6 Å². The first-order chi connectivity index (χ1) is 19.9. The van der Waals surface area contributed by atoms with Gasteiger partial charge in [-0.3, -0.25) is 9.09 Å². The average molecular weight is 637 g/mol. The second-order valence-electron chi connectivity index (χ2n) is 17.5. The van der Waals surface area contributed by atoms with Gasteiger partial charge >= 0.3 is 7.60 Å². The predicted molar refractivity (Wildman–Crippen MR) is 180 cm³/mol. The Balaban J connectivity index is 1.71. The highest BCUT2D eigenvalue weighted by Crippen LogP contribution is 2.50. The van der Waals surface area contributed by atoms with Crippen molar-refractivity contribution in [2.75, 3.05) is 17.2 Å². The summed E-state index contributed by atoms with van der Waals surface area (Å²) < 4.78 is 27.1. The molecule has 3 saturated heterocycles. The number of anilines is 2. The predicted octanol–water partition coefficient (Wildman–Crippen LogP) is 5.49. The van der Waals surface area contributed by atoms with E-state index in [0.29, 0.717) is 24.7 Å². The Hall–Kier alpha value is -1.36. The quantitative estimate of drug-likeness (QED) is 0.220. The van der Waals surface area contributed by atoms with Gasteiger partial charge in [-0.1, -0.05) is 0 Å². The molecule has 0 aliphatic carbocycles. The number of aromatic nitrogens is 3. The molecule has 3 aliphatic heterocycles. The molecule has 0 spiro atoms. The van der Waals surface area contributed by atoms with E-state index in [0.717, 1.165) is 25.7 Å². The van der Waals surface area contributed by atoms with Crippen LogP contribution in [-0.2, 0) is 13.6 Å². The van der Waals surface area contributed by atoms with Gasteiger partial charge in [0.05, 0.1) is 12.7 Å². The monoisotopic (exact) mass is 636 g/mol. The first-order valence-corrected chi connectivity index (χ1v) is 18.0. The van der Waals surface area contributed by atoms with Crippen LogP contribution in [0.15, 0.2) is 0 Å². The van der Waals surface area contributed by atoms with Crippen molar-refractivity contribution >= 4 is 25.1 Å². The maximum Gasteiger partial charge on any atom is 0.398 e. The maximum atomic E-state index is 14.7. The number of nitrogens with one attached hydrogen (secondary N) is 5. The summed E-state index contributed by atoms with van der Waals surface area (Å²) >= 11 is 0. The fourth-order valence-corrected chi connectivity index (χ4v) is 10.2. The molecule has 252 valence electrons. The summed E-state index contributed by atoms with van der Waals surface area (Å²) in [7, 11) is -3.91. The van der Waals surface area contributed by atoms with Gasteiger partial charge in [0.15, 0.2) is 0 Å². The zero-order chi connectivity index (χ0) is 33.0. The normalized spacial score (nSPS) is 27.8. The maximum absolute atomic E-state index is 14.7. The molecule has 4 heterocycles. The van der Waals surface area contributed by atoms with Gasteiger partial charge in [-0.25, -0.2) is 0 Å². The molecular formula is C32H61N8O3P. The molecule has 0 saturated carbocycles. The minimum atomic E-state index is -3.91. The first kappa shape index (κ1) is 35.5. The Morgan fingerprint density at radius 3 is 1.32 bits per heavy atom. The van der Waals surface area contributed by atoms with E-state index in [2.05, 4.69) is 110 Å². The molecule has 3 fully saturated rings. The van der Waals surface area contributed by atoms with Crippen molar-refractivity contribution in [3.05, 3.63) is 0 Å². The third-order valence-corrected chi connectivity index (χ3v) is 10.5. The molecule has 1 aromatic heterocycles. The third kappa shape index (κ3) is 9.58. The molecule has 0 bridgehead atoms. The summed E-state index contributed by atoms with van der Waals surface area (Å²) in [6.45, 7) is 28.3. The van der Waals surface area contributed by atoms with Gasteiger partial charge in [-0.15, -0.1) is 0 Å². The molecule has 0 radical (unpaired) electrons. The van der Waals surface area contributed by atoms with Crippen molar-refractivity contribution in [1.29, 1.82) is 0 Å². The van der Waals surface area contributed by atoms with Crippen molar-refractivity contribution in [2.45, 2.75) is 180 Å². The molecule has 0 amide bonds. The van der Waals surface area contributed by atoms with Crippen LogP contribution in [-0.4, -0.2) is 73.0 Å². The van der Waals surface area contributed by atoms with Crippen LogP contribution in [0.2, 0.25) is 0 Å². The first-order valence-electron chi connectivity index (χ1n) is 16.5. The van der Waals surface area contributed by atoms with Crippen LogP contribution in [0.1, 0.15) is 129 Å². The molecule has 3 aliphatic rings. The number of piperidine rings is 3. The summed E-state index contributed by atoms with van der Waals surface area (Å²) in [5.41, 5.74) is -0.603. The Labute approximate surface area is 266 Å². The van der Waals surface area contributed by atoms with Crippen molar-refractivity contribution in [3.8, 4) is 0 Å². The summed E-state index contributed by atoms with van der Waals surface area (Å²) in [6.07, 6.45) is 4.62. The van der Waals surface area contributed by atoms with Crippen molar-refractivity contribution < 1.29 is 13.6 Å². The van der Waals surface area contributed by atoms with E-state index in [1.54, 1.807) is 0 Å². The molecule has 1 unspecified atom stereocenters. The highest BCUT2D eigenvalue weighted by atomic mass is 31.2. The Bertz CT molecular complexity index is 1130. The summed E-state index contributed by atoms with van der Waals surface area (Å²) in [5, 5.41) is 18.3. The van der Waals surface area contributed by atoms with Gasteiger partial charge in [0.1, 0.15) is 0 Å².